The van der Waals surface area contributed by atoms with Crippen molar-refractivity contribution >= 4 is 11.8 Å². The first-order chi connectivity index (χ1) is 8.54. The molecule has 0 radical (unpaired) electrons. The van der Waals surface area contributed by atoms with E-state index in [1.807, 2.05) is 18.7 Å². The van der Waals surface area contributed by atoms with Gasteiger partial charge in [-0.15, -0.1) is 0 Å². The Balaban J connectivity index is 2.51. The highest BCUT2D eigenvalue weighted by atomic mass is 32.2. The van der Waals surface area contributed by atoms with Gasteiger partial charge in [-0.1, -0.05) is 13.0 Å². The van der Waals surface area contributed by atoms with Gasteiger partial charge in [0.15, 0.2) is 0 Å². The number of rotatable bonds is 7. The number of thioether (sulfide) groups is 1. The maximum atomic E-state index is 13.6. The van der Waals surface area contributed by atoms with E-state index >= 15 is 0 Å². The molecular formula is C14H21F2NS. The highest BCUT2D eigenvalue weighted by Gasteiger charge is 2.13. The Morgan fingerprint density at radius 3 is 2.61 bits per heavy atom. The molecule has 1 rings (SSSR count). The lowest BCUT2D eigenvalue weighted by molar-refractivity contribution is 0.453. The first kappa shape index (κ1) is 15.4. The lowest BCUT2D eigenvalue weighted by Gasteiger charge is -2.20. The Bertz CT molecular complexity index is 371. The maximum absolute atomic E-state index is 13.6. The fourth-order valence-corrected chi connectivity index (χ4v) is 2.67. The van der Waals surface area contributed by atoms with E-state index in [0.29, 0.717) is 11.6 Å². The number of hydrogen-bond acceptors (Lipinski definition) is 2. The number of benzene rings is 1. The van der Waals surface area contributed by atoms with E-state index in [4.69, 9.17) is 0 Å². The van der Waals surface area contributed by atoms with Gasteiger partial charge in [-0.2, -0.15) is 11.8 Å². The minimum atomic E-state index is -0.532. The molecule has 2 unspecified atom stereocenters. The average Bonchev–Trinajstić information content (AvgIpc) is 2.28. The van der Waals surface area contributed by atoms with Gasteiger partial charge >= 0.3 is 0 Å². The normalized spacial score (nSPS) is 14.5. The van der Waals surface area contributed by atoms with Crippen molar-refractivity contribution in [1.82, 2.24) is 5.32 Å². The fourth-order valence-electron chi connectivity index (χ4n) is 1.86. The number of nitrogens with one attached hydrogen (secondary N) is 1. The molecule has 0 aliphatic rings. The summed E-state index contributed by atoms with van der Waals surface area (Å²) in [5.41, 5.74) is 0.520. The lowest BCUT2D eigenvalue weighted by Crippen LogP contribution is -2.30. The highest BCUT2D eigenvalue weighted by Crippen LogP contribution is 2.18. The SMILES string of the molecule is CCSCCC(C)NC(C)c1ccc(F)cc1F. The molecule has 0 aromatic heterocycles. The minimum absolute atomic E-state index is 0.104. The zero-order valence-corrected chi connectivity index (χ0v) is 12.0. The molecule has 0 aliphatic carbocycles. The Morgan fingerprint density at radius 2 is 2.00 bits per heavy atom. The lowest BCUT2D eigenvalue weighted by atomic mass is 10.1. The van der Waals surface area contributed by atoms with Crippen molar-refractivity contribution in [3.05, 3.63) is 35.4 Å². The van der Waals surface area contributed by atoms with Crippen LogP contribution in [-0.2, 0) is 0 Å². The van der Waals surface area contributed by atoms with E-state index in [1.54, 1.807) is 0 Å². The van der Waals surface area contributed by atoms with Crippen LogP contribution in [0.4, 0.5) is 8.78 Å². The summed E-state index contributed by atoms with van der Waals surface area (Å²) in [6.45, 7) is 6.13. The molecule has 0 bridgehead atoms. The number of halogens is 2. The standard InChI is InChI=1S/C14H21F2NS/c1-4-18-8-7-10(2)17-11(3)13-6-5-12(15)9-14(13)16/h5-6,9-11,17H,4,7-8H2,1-3H3. The van der Waals surface area contributed by atoms with Crippen LogP contribution in [0, 0.1) is 11.6 Å². The molecule has 1 aromatic carbocycles. The van der Waals surface area contributed by atoms with E-state index in [0.717, 1.165) is 24.0 Å². The van der Waals surface area contributed by atoms with Crippen LogP contribution < -0.4 is 5.32 Å². The van der Waals surface area contributed by atoms with E-state index in [1.165, 1.54) is 12.1 Å². The van der Waals surface area contributed by atoms with Gasteiger partial charge in [0.1, 0.15) is 11.6 Å². The highest BCUT2D eigenvalue weighted by molar-refractivity contribution is 7.99. The van der Waals surface area contributed by atoms with Gasteiger partial charge in [0.05, 0.1) is 0 Å². The van der Waals surface area contributed by atoms with E-state index < -0.39 is 11.6 Å². The van der Waals surface area contributed by atoms with Gasteiger partial charge < -0.3 is 5.32 Å². The summed E-state index contributed by atoms with van der Waals surface area (Å²) in [5.74, 6) is 1.21. The van der Waals surface area contributed by atoms with Crippen LogP contribution in [0.5, 0.6) is 0 Å². The fraction of sp³-hybridized carbons (Fsp3) is 0.571. The average molecular weight is 273 g/mol. The quantitative estimate of drug-likeness (QED) is 0.749. The van der Waals surface area contributed by atoms with Crippen LogP contribution in [0.25, 0.3) is 0 Å². The summed E-state index contributed by atoms with van der Waals surface area (Å²) in [6.07, 6.45) is 1.05. The van der Waals surface area contributed by atoms with Gasteiger partial charge in [-0.05, 0) is 37.8 Å². The Labute approximate surface area is 112 Å². The van der Waals surface area contributed by atoms with Gasteiger partial charge in [0.25, 0.3) is 0 Å². The van der Waals surface area contributed by atoms with Crippen LogP contribution >= 0.6 is 11.8 Å². The van der Waals surface area contributed by atoms with Crippen LogP contribution in [-0.4, -0.2) is 17.5 Å². The topological polar surface area (TPSA) is 12.0 Å². The van der Waals surface area contributed by atoms with Crippen molar-refractivity contribution in [2.24, 2.45) is 0 Å². The van der Waals surface area contributed by atoms with Gasteiger partial charge in [-0.3, -0.25) is 0 Å². The van der Waals surface area contributed by atoms with Crippen molar-refractivity contribution in [2.75, 3.05) is 11.5 Å². The van der Waals surface area contributed by atoms with Crippen molar-refractivity contribution in [1.29, 1.82) is 0 Å². The molecule has 0 fully saturated rings. The second-order valence-corrected chi connectivity index (χ2v) is 5.83. The van der Waals surface area contributed by atoms with Crippen LogP contribution in [0.15, 0.2) is 18.2 Å². The van der Waals surface area contributed by atoms with Crippen molar-refractivity contribution < 1.29 is 8.78 Å². The molecule has 0 saturated heterocycles. The van der Waals surface area contributed by atoms with E-state index in [2.05, 4.69) is 19.2 Å². The molecule has 1 nitrogen and oxygen atoms in total. The van der Waals surface area contributed by atoms with Gasteiger partial charge in [0.2, 0.25) is 0 Å². The third-order valence-electron chi connectivity index (χ3n) is 2.86. The predicted molar refractivity (Wildman–Crippen MR) is 75.0 cm³/mol. The summed E-state index contributed by atoms with van der Waals surface area (Å²) in [4.78, 5) is 0. The zero-order valence-electron chi connectivity index (χ0n) is 11.2. The molecule has 0 saturated carbocycles. The van der Waals surface area contributed by atoms with Gasteiger partial charge in [-0.25, -0.2) is 8.78 Å². The first-order valence-electron chi connectivity index (χ1n) is 6.33. The minimum Gasteiger partial charge on any atom is -0.308 e. The molecule has 0 spiro atoms. The molecule has 0 aliphatic heterocycles. The predicted octanol–water partition coefficient (Wildman–Crippen LogP) is 4.15. The molecule has 0 amide bonds. The summed E-state index contributed by atoms with van der Waals surface area (Å²) < 4.78 is 26.4. The molecular weight excluding hydrogens is 252 g/mol. The summed E-state index contributed by atoms with van der Waals surface area (Å²) in [7, 11) is 0. The molecule has 0 heterocycles. The second kappa shape index (κ2) is 7.74. The van der Waals surface area contributed by atoms with Crippen LogP contribution in [0.1, 0.15) is 38.8 Å². The molecule has 1 aromatic rings. The third kappa shape index (κ3) is 4.94. The Kier molecular flexibility index (Phi) is 6.65. The van der Waals surface area contributed by atoms with Crippen molar-refractivity contribution in [2.45, 2.75) is 39.3 Å². The Hall–Kier alpha value is -0.610. The second-order valence-electron chi connectivity index (χ2n) is 4.44. The molecule has 2 atom stereocenters. The Morgan fingerprint density at radius 1 is 1.28 bits per heavy atom. The molecule has 1 N–H and O–H groups in total. The van der Waals surface area contributed by atoms with Gasteiger partial charge in [0, 0.05) is 23.7 Å². The third-order valence-corrected chi connectivity index (χ3v) is 3.80. The van der Waals surface area contributed by atoms with Crippen molar-refractivity contribution in [3.63, 3.8) is 0 Å². The van der Waals surface area contributed by atoms with Crippen LogP contribution in [0.2, 0.25) is 0 Å². The van der Waals surface area contributed by atoms with E-state index in [9.17, 15) is 8.78 Å². The maximum Gasteiger partial charge on any atom is 0.130 e. The zero-order chi connectivity index (χ0) is 13.5. The summed E-state index contributed by atoms with van der Waals surface area (Å²) >= 11 is 1.90. The van der Waals surface area contributed by atoms with Crippen LogP contribution in [0.3, 0.4) is 0 Å². The first-order valence-corrected chi connectivity index (χ1v) is 7.48. The monoisotopic (exact) mass is 273 g/mol. The largest absolute Gasteiger partial charge is 0.308 e. The summed E-state index contributed by atoms with van der Waals surface area (Å²) in [6, 6.07) is 3.96. The number of hydrogen-bond donors (Lipinski definition) is 1. The molecule has 18 heavy (non-hydrogen) atoms. The molecule has 102 valence electrons. The molecule has 4 heteroatoms. The smallest absolute Gasteiger partial charge is 0.130 e. The summed E-state index contributed by atoms with van der Waals surface area (Å²) in [5, 5.41) is 3.34. The van der Waals surface area contributed by atoms with Crippen molar-refractivity contribution in [3.8, 4) is 0 Å². The van der Waals surface area contributed by atoms with E-state index in [-0.39, 0.29) is 6.04 Å².